The van der Waals surface area contributed by atoms with E-state index in [1.54, 1.807) is 0 Å². The minimum absolute atomic E-state index is 0.0943. The molecule has 1 aliphatic heterocycles. The fourth-order valence-electron chi connectivity index (χ4n) is 4.25. The molecule has 0 saturated carbocycles. The molecule has 0 unspecified atom stereocenters. The summed E-state index contributed by atoms with van der Waals surface area (Å²) in [6.45, 7) is 0.390. The van der Waals surface area contributed by atoms with Crippen LogP contribution in [0.1, 0.15) is 29.2 Å². The van der Waals surface area contributed by atoms with Crippen LogP contribution in [0.4, 0.5) is 19.0 Å². The van der Waals surface area contributed by atoms with Crippen molar-refractivity contribution in [2.45, 2.75) is 31.3 Å². The van der Waals surface area contributed by atoms with Gasteiger partial charge in [-0.15, -0.1) is 4.41 Å². The van der Waals surface area contributed by atoms with Gasteiger partial charge in [0.15, 0.2) is 5.82 Å². The summed E-state index contributed by atoms with van der Waals surface area (Å²) in [7, 11) is -2.49. The van der Waals surface area contributed by atoms with Crippen LogP contribution in [0.3, 0.4) is 0 Å². The predicted octanol–water partition coefficient (Wildman–Crippen LogP) is 5.31. The van der Waals surface area contributed by atoms with Crippen molar-refractivity contribution in [3.63, 3.8) is 0 Å². The third-order valence-electron chi connectivity index (χ3n) is 6.02. The summed E-state index contributed by atoms with van der Waals surface area (Å²) in [6.07, 6.45) is -3.05. The lowest BCUT2D eigenvalue weighted by Gasteiger charge is -2.32. The van der Waals surface area contributed by atoms with Gasteiger partial charge in [-0.2, -0.15) is 18.2 Å². The molecule has 0 radical (unpaired) electrons. The predicted molar refractivity (Wildman–Crippen MR) is 135 cm³/mol. The van der Waals surface area contributed by atoms with E-state index in [0.717, 1.165) is 32.9 Å². The second kappa shape index (κ2) is 11.0. The first kappa shape index (κ1) is 27.3. The highest BCUT2D eigenvalue weighted by Crippen LogP contribution is 2.37. The Labute approximate surface area is 219 Å². The largest absolute Gasteiger partial charge is 0.417 e. The number of hydrogen-bond acceptors (Lipinski definition) is 6. The van der Waals surface area contributed by atoms with Crippen molar-refractivity contribution in [1.82, 2.24) is 14.5 Å². The number of nitrogens with zero attached hydrogens (tertiary/aromatic N) is 4. The van der Waals surface area contributed by atoms with Crippen LogP contribution in [0.5, 0.6) is 0 Å². The Balaban J connectivity index is 1.59. The van der Waals surface area contributed by atoms with Crippen LogP contribution in [-0.2, 0) is 27.6 Å². The molecule has 0 amide bonds. The number of hydrogen-bond donors (Lipinski definition) is 0. The van der Waals surface area contributed by atoms with Crippen molar-refractivity contribution < 1.29 is 26.4 Å². The fourth-order valence-corrected chi connectivity index (χ4v) is 5.50. The van der Waals surface area contributed by atoms with Crippen LogP contribution in [0.2, 0.25) is 5.02 Å². The lowest BCUT2D eigenvalue weighted by Crippen LogP contribution is -2.48. The molecule has 0 spiro atoms. The number of alkyl halides is 3. The Morgan fingerprint density at radius 1 is 1.11 bits per heavy atom. The lowest BCUT2D eigenvalue weighted by atomic mass is 10.0. The maximum atomic E-state index is 13.0. The zero-order valence-corrected chi connectivity index (χ0v) is 21.7. The highest BCUT2D eigenvalue weighted by Gasteiger charge is 2.39. The average molecular weight is 555 g/mol. The molecule has 2 heterocycles. The van der Waals surface area contributed by atoms with Crippen LogP contribution in [-0.4, -0.2) is 48.8 Å². The topological polar surface area (TPSA) is 66.0 Å². The molecule has 1 fully saturated rings. The average Bonchev–Trinajstić information content (AvgIpc) is 3.24. The molecule has 2 atom stereocenters. The minimum atomic E-state index is -4.63. The molecule has 198 valence electrons. The number of rotatable bonds is 8. The van der Waals surface area contributed by atoms with Gasteiger partial charge < -0.3 is 0 Å². The second-order valence-corrected chi connectivity index (χ2v) is 11.1. The van der Waals surface area contributed by atoms with Gasteiger partial charge in [0.2, 0.25) is 10.0 Å². The van der Waals surface area contributed by atoms with Crippen LogP contribution in [0.25, 0.3) is 0 Å². The second-order valence-electron chi connectivity index (χ2n) is 8.77. The van der Waals surface area contributed by atoms with Gasteiger partial charge in [0, 0.05) is 19.8 Å². The van der Waals surface area contributed by atoms with E-state index in [1.807, 2.05) is 65.7 Å². The molecule has 0 aliphatic carbocycles. The molecule has 1 saturated heterocycles. The monoisotopic (exact) mass is 554 g/mol. The molecule has 0 bridgehead atoms. The maximum Gasteiger partial charge on any atom is 0.417 e. The molecular formula is C25H26ClF3N4O3S. The molecule has 37 heavy (non-hydrogen) atoms. The van der Waals surface area contributed by atoms with Crippen molar-refractivity contribution in [1.29, 1.82) is 0 Å². The molecule has 12 heteroatoms. The number of pyridine rings is 1. The SMILES string of the molecule is CN(c1ncc(C(F)(F)F)cc1Cl)N(C[C@H]1C[C@@H](c2ccccc2)N(Cc2ccccc2)O1)S(C)(=O)=O. The quantitative estimate of drug-likeness (QED) is 0.351. The summed E-state index contributed by atoms with van der Waals surface area (Å²) < 4.78 is 65.7. The summed E-state index contributed by atoms with van der Waals surface area (Å²) in [6, 6.07) is 20.1. The van der Waals surface area contributed by atoms with Gasteiger partial charge in [0.1, 0.15) is 0 Å². The van der Waals surface area contributed by atoms with Crippen LogP contribution in [0.15, 0.2) is 72.9 Å². The lowest BCUT2D eigenvalue weighted by molar-refractivity contribution is -0.172. The first-order valence-electron chi connectivity index (χ1n) is 11.4. The van der Waals surface area contributed by atoms with Crippen LogP contribution < -0.4 is 5.01 Å². The van der Waals surface area contributed by atoms with Crippen molar-refractivity contribution in [3.8, 4) is 0 Å². The number of sulfonamides is 1. The Kier molecular flexibility index (Phi) is 8.10. The van der Waals surface area contributed by atoms with Crippen molar-refractivity contribution in [3.05, 3.63) is 94.6 Å². The van der Waals surface area contributed by atoms with E-state index < -0.39 is 27.9 Å². The number of aromatic nitrogens is 1. The van der Waals surface area contributed by atoms with E-state index in [0.29, 0.717) is 19.2 Å². The molecule has 0 N–H and O–H groups in total. The van der Waals surface area contributed by atoms with Gasteiger partial charge in [-0.25, -0.2) is 13.4 Å². The van der Waals surface area contributed by atoms with Gasteiger partial charge in [-0.3, -0.25) is 9.85 Å². The maximum absolute atomic E-state index is 13.0. The number of hydroxylamine groups is 2. The van der Waals surface area contributed by atoms with Crippen molar-refractivity contribution in [2.24, 2.45) is 0 Å². The fraction of sp³-hybridized carbons (Fsp3) is 0.320. The Bertz CT molecular complexity index is 1310. The summed E-state index contributed by atoms with van der Waals surface area (Å²) in [5.74, 6) is -0.126. The Hall–Kier alpha value is -2.70. The minimum Gasteiger partial charge on any atom is -0.293 e. The smallest absolute Gasteiger partial charge is 0.293 e. The van der Waals surface area contributed by atoms with E-state index in [2.05, 4.69) is 4.98 Å². The number of anilines is 1. The van der Waals surface area contributed by atoms with Gasteiger partial charge in [0.05, 0.1) is 35.5 Å². The van der Waals surface area contributed by atoms with E-state index in [4.69, 9.17) is 16.4 Å². The van der Waals surface area contributed by atoms with Gasteiger partial charge in [-0.05, 0) is 23.6 Å². The summed E-state index contributed by atoms with van der Waals surface area (Å²) in [5, 5.41) is 2.64. The van der Waals surface area contributed by atoms with Crippen molar-refractivity contribution >= 4 is 27.4 Å². The van der Waals surface area contributed by atoms with Crippen LogP contribution >= 0.6 is 11.6 Å². The molecule has 2 aromatic carbocycles. The number of benzene rings is 2. The molecular weight excluding hydrogens is 529 g/mol. The molecule has 1 aromatic heterocycles. The number of hydrazine groups is 1. The molecule has 4 rings (SSSR count). The first-order valence-corrected chi connectivity index (χ1v) is 13.6. The molecule has 7 nitrogen and oxygen atoms in total. The van der Waals surface area contributed by atoms with Gasteiger partial charge >= 0.3 is 6.18 Å². The highest BCUT2D eigenvalue weighted by atomic mass is 35.5. The number of halogens is 4. The van der Waals surface area contributed by atoms with E-state index >= 15 is 0 Å². The normalized spacial score (nSPS) is 18.9. The van der Waals surface area contributed by atoms with Gasteiger partial charge in [0.25, 0.3) is 0 Å². The molecule has 3 aromatic rings. The summed E-state index contributed by atoms with van der Waals surface area (Å²) in [4.78, 5) is 10.0. The van der Waals surface area contributed by atoms with Gasteiger partial charge in [-0.1, -0.05) is 72.3 Å². The van der Waals surface area contributed by atoms with Crippen LogP contribution in [0, 0.1) is 0 Å². The first-order chi connectivity index (χ1) is 17.4. The van der Waals surface area contributed by atoms with E-state index in [1.165, 1.54) is 7.05 Å². The van der Waals surface area contributed by atoms with Crippen molar-refractivity contribution in [2.75, 3.05) is 24.9 Å². The Morgan fingerprint density at radius 2 is 1.73 bits per heavy atom. The zero-order valence-electron chi connectivity index (χ0n) is 20.1. The summed E-state index contributed by atoms with van der Waals surface area (Å²) in [5.41, 5.74) is 1.02. The highest BCUT2D eigenvalue weighted by molar-refractivity contribution is 7.88. The molecule has 1 aliphatic rings. The Morgan fingerprint density at radius 3 is 2.30 bits per heavy atom. The third-order valence-corrected chi connectivity index (χ3v) is 7.45. The third kappa shape index (κ3) is 6.60. The van der Waals surface area contributed by atoms with E-state index in [9.17, 15) is 21.6 Å². The zero-order chi connectivity index (χ0) is 26.8. The summed E-state index contributed by atoms with van der Waals surface area (Å²) >= 11 is 6.09. The standard InChI is InChI=1S/C25H26ClF3N4O3S/c1-31(24-22(26)13-20(15-30-24)25(27,28)29)33(37(2,34)35)17-21-14-23(19-11-7-4-8-12-19)32(36-21)16-18-9-5-3-6-10-18/h3-13,15,21,23H,14,16-17H2,1-2H3/t21-,23+/m1/s1. The van der Waals surface area contributed by atoms with E-state index in [-0.39, 0.29) is 23.4 Å².